The molecule has 6 nitrogen and oxygen atoms in total. The lowest BCUT2D eigenvalue weighted by Crippen LogP contribution is -2.98. The molecule has 2 heterocycles. The molecule has 140 valence electrons. The molecule has 1 aromatic carbocycles. The van der Waals surface area contributed by atoms with E-state index in [9.17, 15) is 18.8 Å². The van der Waals surface area contributed by atoms with E-state index in [0.29, 0.717) is 17.7 Å². The highest BCUT2D eigenvalue weighted by Crippen LogP contribution is 2.45. The van der Waals surface area contributed by atoms with E-state index in [1.807, 2.05) is 6.26 Å². The maximum atomic E-state index is 13.8. The highest BCUT2D eigenvalue weighted by Gasteiger charge is 2.71. The molecule has 26 heavy (non-hydrogen) atoms. The van der Waals surface area contributed by atoms with Crippen molar-refractivity contribution < 1.29 is 28.8 Å². The summed E-state index contributed by atoms with van der Waals surface area (Å²) < 4.78 is 18.8. The number of imide groups is 1. The third kappa shape index (κ3) is 2.72. The van der Waals surface area contributed by atoms with Crippen LogP contribution in [0.1, 0.15) is 18.0 Å². The quantitative estimate of drug-likeness (QED) is 0.588. The molecule has 4 atom stereocenters. The number of thioether (sulfide) groups is 1. The Kier molecular flexibility index (Phi) is 5.07. The smallest absolute Gasteiger partial charge is 0.368 e. The first-order valence-electron chi connectivity index (χ1n) is 8.37. The van der Waals surface area contributed by atoms with Gasteiger partial charge in [-0.05, 0) is 24.1 Å². The van der Waals surface area contributed by atoms with Crippen molar-refractivity contribution in [2.45, 2.75) is 18.0 Å². The molecular formula is C18H22FN2O4S+. The molecule has 1 aromatic rings. The van der Waals surface area contributed by atoms with Crippen LogP contribution in [0.25, 0.3) is 0 Å². The number of quaternary nitrogens is 1. The lowest BCUT2D eigenvalue weighted by Gasteiger charge is -2.28. The van der Waals surface area contributed by atoms with Gasteiger partial charge in [0.2, 0.25) is 17.4 Å². The summed E-state index contributed by atoms with van der Waals surface area (Å²) in [4.78, 5) is 39.5. The van der Waals surface area contributed by atoms with Crippen molar-refractivity contribution in [3.05, 3.63) is 35.6 Å². The largest absolute Gasteiger partial charge is 0.464 e. The first-order chi connectivity index (χ1) is 12.4. The molecule has 0 saturated carbocycles. The average molecular weight is 381 g/mol. The summed E-state index contributed by atoms with van der Waals surface area (Å²) in [5.41, 5.74) is -0.594. The SMILES string of the molecule is COC(=O)[C@]1(CCSC)[NH2+][C@@H](c2cccc(F)c2)[C@@H]2C(=O)N(C)C(=O)[C@H]21. The zero-order valence-electron chi connectivity index (χ0n) is 14.9. The number of hydrogen-bond acceptors (Lipinski definition) is 5. The molecule has 2 fully saturated rings. The van der Waals surface area contributed by atoms with Gasteiger partial charge in [-0.25, -0.2) is 9.18 Å². The van der Waals surface area contributed by atoms with Gasteiger partial charge < -0.3 is 10.1 Å². The van der Waals surface area contributed by atoms with Gasteiger partial charge in [-0.3, -0.25) is 14.5 Å². The van der Waals surface area contributed by atoms with E-state index in [-0.39, 0.29) is 11.8 Å². The summed E-state index contributed by atoms with van der Waals surface area (Å²) in [5.74, 6) is -2.53. The van der Waals surface area contributed by atoms with E-state index in [1.54, 1.807) is 29.2 Å². The first kappa shape index (κ1) is 18.8. The minimum absolute atomic E-state index is 0.333. The number of carbonyl (C=O) groups is 3. The number of methoxy groups -OCH3 is 1. The number of nitrogens with two attached hydrogens (primary N) is 1. The predicted octanol–water partition coefficient (Wildman–Crippen LogP) is 0.340. The molecular weight excluding hydrogens is 359 g/mol. The van der Waals surface area contributed by atoms with Crippen molar-refractivity contribution in [2.75, 3.05) is 26.2 Å². The number of benzene rings is 1. The normalized spacial score (nSPS) is 30.6. The van der Waals surface area contributed by atoms with Crippen molar-refractivity contribution in [1.29, 1.82) is 0 Å². The highest BCUT2D eigenvalue weighted by atomic mass is 32.2. The third-order valence-corrected chi connectivity index (χ3v) is 6.12. The fourth-order valence-corrected chi connectivity index (χ4v) is 4.82. The molecule has 0 aromatic heterocycles. The van der Waals surface area contributed by atoms with E-state index in [2.05, 4.69) is 0 Å². The van der Waals surface area contributed by atoms with E-state index < -0.39 is 35.2 Å². The van der Waals surface area contributed by atoms with Gasteiger partial charge in [0.25, 0.3) is 0 Å². The molecule has 8 heteroatoms. The molecule has 0 bridgehead atoms. The van der Waals surface area contributed by atoms with Gasteiger partial charge in [-0.2, -0.15) is 11.8 Å². The number of likely N-dealkylation sites (tertiary alicyclic amines) is 1. The fourth-order valence-electron chi connectivity index (χ4n) is 4.28. The van der Waals surface area contributed by atoms with Gasteiger partial charge in [0.05, 0.1) is 7.11 Å². The molecule has 2 aliphatic heterocycles. The lowest BCUT2D eigenvalue weighted by molar-refractivity contribution is -0.734. The van der Waals surface area contributed by atoms with Crippen LogP contribution in [-0.4, -0.2) is 54.4 Å². The van der Waals surface area contributed by atoms with Crippen molar-refractivity contribution in [2.24, 2.45) is 11.8 Å². The Morgan fingerprint density at radius 3 is 2.73 bits per heavy atom. The number of rotatable bonds is 5. The molecule has 2 saturated heterocycles. The summed E-state index contributed by atoms with van der Waals surface area (Å²) in [5, 5.41) is 1.75. The number of nitrogens with zero attached hydrogens (tertiary/aromatic N) is 1. The Bertz CT molecular complexity index is 758. The number of ether oxygens (including phenoxy) is 1. The van der Waals surface area contributed by atoms with Crippen LogP contribution < -0.4 is 5.32 Å². The van der Waals surface area contributed by atoms with Crippen LogP contribution in [0.15, 0.2) is 24.3 Å². The van der Waals surface area contributed by atoms with Crippen LogP contribution in [0.3, 0.4) is 0 Å². The summed E-state index contributed by atoms with van der Waals surface area (Å²) in [6, 6.07) is 5.46. The number of esters is 1. The zero-order chi connectivity index (χ0) is 19.1. The second kappa shape index (κ2) is 7.00. The lowest BCUT2D eigenvalue weighted by atomic mass is 9.78. The Labute approximate surface area is 155 Å². The summed E-state index contributed by atoms with van der Waals surface area (Å²) >= 11 is 1.55. The van der Waals surface area contributed by atoms with Crippen molar-refractivity contribution >= 4 is 29.5 Å². The standard InChI is InChI=1S/C18H21FN2O4S/c1-21-15(22)12-13(16(21)23)18(7-8-26-3,17(24)25-2)20-14(12)10-5-4-6-11(19)9-10/h4-6,9,12-14,20H,7-8H2,1-3H3/p+1/t12-,13+,14+,18-/m1/s1. The van der Waals surface area contributed by atoms with E-state index >= 15 is 0 Å². The van der Waals surface area contributed by atoms with Gasteiger partial charge in [0.15, 0.2) is 0 Å². The minimum atomic E-state index is -1.18. The molecule has 2 aliphatic rings. The van der Waals surface area contributed by atoms with Gasteiger partial charge >= 0.3 is 5.97 Å². The number of hydrogen-bond donors (Lipinski definition) is 1. The van der Waals surface area contributed by atoms with Crippen LogP contribution >= 0.6 is 11.8 Å². The second-order valence-electron chi connectivity index (χ2n) is 6.76. The minimum Gasteiger partial charge on any atom is -0.464 e. The Balaban J connectivity index is 2.13. The van der Waals surface area contributed by atoms with E-state index in [0.717, 1.165) is 4.90 Å². The molecule has 0 unspecified atom stereocenters. The van der Waals surface area contributed by atoms with Crippen LogP contribution in [0.5, 0.6) is 0 Å². The van der Waals surface area contributed by atoms with E-state index in [4.69, 9.17) is 4.74 Å². The Morgan fingerprint density at radius 2 is 2.12 bits per heavy atom. The number of carbonyl (C=O) groups excluding carboxylic acids is 3. The average Bonchev–Trinajstić information content (AvgIpc) is 3.10. The highest BCUT2D eigenvalue weighted by molar-refractivity contribution is 7.98. The maximum absolute atomic E-state index is 13.8. The van der Waals surface area contributed by atoms with Crippen molar-refractivity contribution in [1.82, 2.24) is 4.90 Å². The summed E-state index contributed by atoms with van der Waals surface area (Å²) in [7, 11) is 2.72. The van der Waals surface area contributed by atoms with E-state index in [1.165, 1.54) is 26.3 Å². The van der Waals surface area contributed by atoms with Gasteiger partial charge in [-0.15, -0.1) is 0 Å². The third-order valence-electron chi connectivity index (χ3n) is 5.51. The van der Waals surface area contributed by atoms with Crippen molar-refractivity contribution in [3.8, 4) is 0 Å². The van der Waals surface area contributed by atoms with Crippen LogP contribution in [0.2, 0.25) is 0 Å². The Hall–Kier alpha value is -1.93. The van der Waals surface area contributed by atoms with Gasteiger partial charge in [0.1, 0.15) is 23.7 Å². The predicted molar refractivity (Wildman–Crippen MR) is 93.6 cm³/mol. The number of fused-ring (bicyclic) bond motifs is 1. The maximum Gasteiger partial charge on any atom is 0.368 e. The fraction of sp³-hybridized carbons (Fsp3) is 0.500. The van der Waals surface area contributed by atoms with Crippen LogP contribution in [0.4, 0.5) is 4.39 Å². The molecule has 0 radical (unpaired) electrons. The summed E-state index contributed by atoms with van der Waals surface area (Å²) in [6.07, 6.45) is 2.30. The van der Waals surface area contributed by atoms with Gasteiger partial charge in [0, 0.05) is 19.0 Å². The topological polar surface area (TPSA) is 80.3 Å². The monoisotopic (exact) mass is 381 g/mol. The molecule has 0 aliphatic carbocycles. The van der Waals surface area contributed by atoms with Crippen LogP contribution in [-0.2, 0) is 19.1 Å². The Morgan fingerprint density at radius 1 is 1.38 bits per heavy atom. The molecule has 3 rings (SSSR count). The van der Waals surface area contributed by atoms with Gasteiger partial charge in [-0.1, -0.05) is 12.1 Å². The molecule has 0 spiro atoms. The second-order valence-corrected chi connectivity index (χ2v) is 7.75. The summed E-state index contributed by atoms with van der Waals surface area (Å²) in [6.45, 7) is 0. The first-order valence-corrected chi connectivity index (χ1v) is 9.77. The zero-order valence-corrected chi connectivity index (χ0v) is 15.7. The number of halogens is 1. The number of amides is 2. The molecule has 2 N–H and O–H groups in total. The molecule has 2 amide bonds. The van der Waals surface area contributed by atoms with Crippen LogP contribution in [0, 0.1) is 17.7 Å². The van der Waals surface area contributed by atoms with Crippen molar-refractivity contribution in [3.63, 3.8) is 0 Å².